The summed E-state index contributed by atoms with van der Waals surface area (Å²) in [6.45, 7) is 7.66. The number of furan rings is 2. The number of carbonyl (C=O) groups is 2. The number of para-hydroxylation sites is 1. The molecule has 0 atom stereocenters. The monoisotopic (exact) mass is 1370 g/mol. The second kappa shape index (κ2) is 24.2. The number of fused-ring (bicyclic) bond motifs is 8. The van der Waals surface area contributed by atoms with Crippen LogP contribution in [0.15, 0.2) is 184 Å². The maximum absolute atomic E-state index is 13.2. The first-order chi connectivity index (χ1) is 34.8. The summed E-state index contributed by atoms with van der Waals surface area (Å²) in [6.07, 6.45) is 6.16. The quantitative estimate of drug-likeness (QED) is 0.0946. The summed E-state index contributed by atoms with van der Waals surface area (Å²) in [5.74, 6) is -0.353. The Hall–Kier alpha value is -7.28. The number of ketones is 2. The molecule has 0 aliphatic rings. The molecular formula is C60H44FIr2N3O6S2-2. The fourth-order valence-electron chi connectivity index (χ4n) is 8.04. The van der Waals surface area contributed by atoms with Gasteiger partial charge >= 0.3 is 0 Å². The van der Waals surface area contributed by atoms with Gasteiger partial charge in [-0.25, -0.2) is 9.37 Å². The van der Waals surface area contributed by atoms with E-state index in [1.807, 2.05) is 73.9 Å². The van der Waals surface area contributed by atoms with Crippen molar-refractivity contribution in [3.63, 3.8) is 0 Å². The van der Waals surface area contributed by atoms with Crippen LogP contribution >= 0.6 is 22.7 Å². The van der Waals surface area contributed by atoms with Gasteiger partial charge in [-0.05, 0) is 110 Å². The van der Waals surface area contributed by atoms with Gasteiger partial charge in [-0.3, -0.25) is 9.59 Å². The number of benzene rings is 5. The van der Waals surface area contributed by atoms with E-state index >= 15 is 0 Å². The molecule has 374 valence electrons. The summed E-state index contributed by atoms with van der Waals surface area (Å²) in [7, 11) is 0. The molecule has 12 aromatic rings. The molecule has 0 amide bonds. The number of aliphatic hydroxyl groups excluding tert-OH is 2. The van der Waals surface area contributed by atoms with Crippen molar-refractivity contribution in [3.05, 3.63) is 199 Å². The number of thiophene rings is 2. The molecule has 9 nitrogen and oxygen atoms in total. The van der Waals surface area contributed by atoms with Crippen LogP contribution in [0.4, 0.5) is 4.39 Å². The van der Waals surface area contributed by atoms with Crippen molar-refractivity contribution in [2.24, 2.45) is 0 Å². The molecule has 2 radical (unpaired) electrons. The molecule has 0 saturated heterocycles. The fraction of sp³-hybridized carbons (Fsp3) is 0.0833. The minimum atomic E-state index is -0.228. The Labute approximate surface area is 460 Å². The van der Waals surface area contributed by atoms with Crippen molar-refractivity contribution in [1.82, 2.24) is 15.0 Å². The van der Waals surface area contributed by atoms with Gasteiger partial charge in [0.25, 0.3) is 0 Å². The maximum atomic E-state index is 13.2. The molecular weight excluding hydrogens is 1330 g/mol. The number of rotatable bonds is 6. The predicted octanol–water partition coefficient (Wildman–Crippen LogP) is 16.6. The molecule has 74 heavy (non-hydrogen) atoms. The first-order valence-electron chi connectivity index (χ1n) is 22.7. The zero-order chi connectivity index (χ0) is 50.5. The van der Waals surface area contributed by atoms with Gasteiger partial charge in [0.1, 0.15) is 11.4 Å². The van der Waals surface area contributed by atoms with Gasteiger partial charge in [-0.1, -0.05) is 94.7 Å². The number of aromatic nitrogens is 3. The van der Waals surface area contributed by atoms with Crippen LogP contribution < -0.4 is 0 Å². The maximum Gasteiger partial charge on any atom is 0.216 e. The molecule has 0 unspecified atom stereocenters. The SMILES string of the molecule is CC(=O)C=C(C)O.CC(=O)C=C(C)O.Cc1ccc2c(n1)oc1c(-c3cc4cc(-c5ccccc5)sc4cn3)[c-]ccc12.Fc1ccc(-c2cc3cc(-c4[c-]ccc5c4oc4ccccc45)ncc3s2)cc1.[Ir].[Ir]. The van der Waals surface area contributed by atoms with Crippen molar-refractivity contribution in [2.45, 2.75) is 34.6 Å². The van der Waals surface area contributed by atoms with Gasteiger partial charge in [-0.15, -0.1) is 59.1 Å². The number of hydrogen-bond donors (Lipinski definition) is 2. The topological polar surface area (TPSA) is 140 Å². The molecule has 0 spiro atoms. The van der Waals surface area contributed by atoms with Gasteiger partial charge in [0.2, 0.25) is 5.71 Å². The van der Waals surface area contributed by atoms with E-state index < -0.39 is 0 Å². The Kier molecular flexibility index (Phi) is 17.8. The van der Waals surface area contributed by atoms with Crippen LogP contribution in [0.3, 0.4) is 0 Å². The van der Waals surface area contributed by atoms with Crippen molar-refractivity contribution in [3.8, 4) is 43.4 Å². The van der Waals surface area contributed by atoms with Gasteiger partial charge in [0.15, 0.2) is 11.6 Å². The smallest absolute Gasteiger partial charge is 0.216 e. The first kappa shape index (κ1) is 54.5. The number of allylic oxidation sites excluding steroid dienone is 4. The van der Waals surface area contributed by atoms with Gasteiger partial charge in [0.05, 0.1) is 32.1 Å². The number of nitrogens with zero attached hydrogens (tertiary/aromatic N) is 3. The third-order valence-corrected chi connectivity index (χ3v) is 13.4. The van der Waals surface area contributed by atoms with E-state index in [1.54, 1.807) is 34.8 Å². The van der Waals surface area contributed by atoms with Gasteiger partial charge < -0.3 is 29.0 Å². The molecule has 12 rings (SSSR count). The molecule has 0 bridgehead atoms. The number of carbonyl (C=O) groups excluding carboxylic acids is 2. The van der Waals surface area contributed by atoms with E-state index in [-0.39, 0.29) is 69.1 Å². The summed E-state index contributed by atoms with van der Waals surface area (Å²) < 4.78 is 27.7. The number of aryl methyl sites for hydroxylation is 1. The summed E-state index contributed by atoms with van der Waals surface area (Å²) >= 11 is 3.41. The Morgan fingerprint density at radius 3 is 1.61 bits per heavy atom. The first-order valence-corrected chi connectivity index (χ1v) is 24.3. The van der Waals surface area contributed by atoms with Crippen LogP contribution in [0.1, 0.15) is 33.4 Å². The number of halogens is 1. The predicted molar refractivity (Wildman–Crippen MR) is 290 cm³/mol. The van der Waals surface area contributed by atoms with Crippen LogP contribution in [0.2, 0.25) is 0 Å². The van der Waals surface area contributed by atoms with Crippen molar-refractivity contribution in [1.29, 1.82) is 0 Å². The van der Waals surface area contributed by atoms with E-state index in [4.69, 9.17) is 24.0 Å². The molecule has 0 aliphatic carbocycles. The average Bonchev–Trinajstić information content (AvgIpc) is 4.16. The minimum Gasteiger partial charge on any atom is -0.512 e. The fourth-order valence-corrected chi connectivity index (χ4v) is 10.1. The van der Waals surface area contributed by atoms with Crippen molar-refractivity contribution >= 4 is 98.4 Å². The Morgan fingerprint density at radius 2 is 1.08 bits per heavy atom. The number of hydrogen-bond acceptors (Lipinski definition) is 11. The Balaban J connectivity index is 0.000000169. The molecule has 0 saturated carbocycles. The summed E-state index contributed by atoms with van der Waals surface area (Å²) in [6, 6.07) is 52.2. The summed E-state index contributed by atoms with van der Waals surface area (Å²) in [5.41, 5.74) is 9.67. The zero-order valence-corrected chi connectivity index (χ0v) is 46.7. The van der Waals surface area contributed by atoms with Crippen molar-refractivity contribution in [2.75, 3.05) is 0 Å². The van der Waals surface area contributed by atoms with Gasteiger partial charge in [0, 0.05) is 91.0 Å². The zero-order valence-electron chi connectivity index (χ0n) is 40.3. The van der Waals surface area contributed by atoms with Crippen LogP contribution in [0.5, 0.6) is 0 Å². The molecule has 2 N–H and O–H groups in total. The molecule has 0 fully saturated rings. The number of pyridine rings is 3. The molecule has 7 aromatic heterocycles. The third-order valence-electron chi connectivity index (χ3n) is 11.1. The number of aliphatic hydroxyl groups is 2. The summed E-state index contributed by atoms with van der Waals surface area (Å²) in [5, 5.41) is 23.2. The Bertz CT molecular complexity index is 3990. The van der Waals surface area contributed by atoms with Crippen LogP contribution in [-0.2, 0) is 49.8 Å². The summed E-state index contributed by atoms with van der Waals surface area (Å²) in [4.78, 5) is 36.3. The van der Waals surface area contributed by atoms with E-state index in [0.29, 0.717) is 5.71 Å². The largest absolute Gasteiger partial charge is 0.512 e. The van der Waals surface area contributed by atoms with Crippen LogP contribution in [0.25, 0.3) is 108 Å². The third kappa shape index (κ3) is 12.5. The van der Waals surface area contributed by atoms with Crippen LogP contribution in [0, 0.1) is 24.9 Å². The normalized spacial score (nSPS) is 11.3. The van der Waals surface area contributed by atoms with Crippen molar-refractivity contribution < 1.29 is 73.2 Å². The van der Waals surface area contributed by atoms with E-state index in [2.05, 4.69) is 82.8 Å². The standard InChI is InChI=1S/C25H13FNOS.C25H15N2OS.2C5H8O2.2Ir/c26-17-10-8-15(9-11-17)23-13-16-12-21(27-14-24(16)29-23)20-6-3-5-19-18-4-1-2-7-22(18)28-25(19)20;1-15-10-11-19-18-8-5-9-20(24(18)28-25(19)27-15)21-12-17-13-22(29-23(17)14-26-21)16-6-3-2-4-7-16;2*1-4(6)3-5(2)7;;/h1-5,7-14H;2-8,10-14H,1H3;2*3,6H,1-2H3;;/q2*-1;;;;. The molecule has 0 aliphatic heterocycles. The van der Waals surface area contributed by atoms with E-state index in [9.17, 15) is 14.0 Å². The Morgan fingerprint density at radius 1 is 0.581 bits per heavy atom. The van der Waals surface area contributed by atoms with Crippen LogP contribution in [-0.4, -0.2) is 36.7 Å². The average molecular weight is 1370 g/mol. The molecule has 7 heterocycles. The van der Waals surface area contributed by atoms with E-state index in [0.717, 1.165) is 87.0 Å². The minimum absolute atomic E-state index is 0. The molecule has 14 heteroatoms. The van der Waals surface area contributed by atoms with Gasteiger partial charge in [-0.2, -0.15) is 0 Å². The second-order valence-electron chi connectivity index (χ2n) is 16.8. The van der Waals surface area contributed by atoms with E-state index in [1.165, 1.54) is 72.5 Å². The molecule has 5 aromatic carbocycles. The second-order valence-corrected chi connectivity index (χ2v) is 19.0.